The first-order valence-corrected chi connectivity index (χ1v) is 10.6. The average Bonchev–Trinajstić information content (AvgIpc) is 2.75. The highest BCUT2D eigenvalue weighted by Gasteiger charge is 2.27. The molecule has 0 bridgehead atoms. The molecule has 1 saturated carbocycles. The molecule has 5 heteroatoms. The molecule has 2 fully saturated rings. The van der Waals surface area contributed by atoms with E-state index < -0.39 is 0 Å². The quantitative estimate of drug-likeness (QED) is 0.870. The number of aromatic nitrogens is 2. The molecule has 5 nitrogen and oxygen atoms in total. The van der Waals surface area contributed by atoms with Crippen LogP contribution in [-0.4, -0.2) is 35.0 Å². The predicted octanol–water partition coefficient (Wildman–Crippen LogP) is 4.12. The van der Waals surface area contributed by atoms with E-state index in [1.807, 2.05) is 12.3 Å². The average molecular weight is 379 g/mol. The predicted molar refractivity (Wildman–Crippen MR) is 112 cm³/mol. The van der Waals surface area contributed by atoms with E-state index in [1.54, 1.807) is 0 Å². The van der Waals surface area contributed by atoms with Gasteiger partial charge >= 0.3 is 0 Å². The molecular formula is C23H30N4O. The van der Waals surface area contributed by atoms with Crippen molar-refractivity contribution in [3.8, 4) is 11.4 Å². The lowest BCUT2D eigenvalue weighted by Gasteiger charge is -2.33. The summed E-state index contributed by atoms with van der Waals surface area (Å²) in [6.45, 7) is 3.82. The molecule has 0 spiro atoms. The molecule has 1 saturated heterocycles. The van der Waals surface area contributed by atoms with Gasteiger partial charge in [0.15, 0.2) is 5.82 Å². The number of amides is 1. The van der Waals surface area contributed by atoms with Crippen molar-refractivity contribution in [2.75, 3.05) is 18.0 Å². The third-order valence-electron chi connectivity index (χ3n) is 6.09. The molecule has 0 radical (unpaired) electrons. The van der Waals surface area contributed by atoms with Crippen LogP contribution in [0.5, 0.6) is 0 Å². The molecule has 1 aromatic carbocycles. The van der Waals surface area contributed by atoms with Crippen molar-refractivity contribution in [3.63, 3.8) is 0 Å². The van der Waals surface area contributed by atoms with E-state index in [-0.39, 0.29) is 11.8 Å². The Kier molecular flexibility index (Phi) is 5.89. The fourth-order valence-corrected chi connectivity index (χ4v) is 4.30. The number of nitrogens with zero attached hydrogens (tertiary/aromatic N) is 3. The maximum absolute atomic E-state index is 12.6. The summed E-state index contributed by atoms with van der Waals surface area (Å²) in [4.78, 5) is 24.1. The van der Waals surface area contributed by atoms with Crippen molar-refractivity contribution in [1.29, 1.82) is 0 Å². The molecule has 4 rings (SSSR count). The van der Waals surface area contributed by atoms with E-state index in [1.165, 1.54) is 24.8 Å². The topological polar surface area (TPSA) is 58.1 Å². The van der Waals surface area contributed by atoms with Crippen molar-refractivity contribution in [2.24, 2.45) is 5.92 Å². The van der Waals surface area contributed by atoms with Crippen LogP contribution < -0.4 is 10.2 Å². The maximum atomic E-state index is 12.6. The second-order valence-corrected chi connectivity index (χ2v) is 8.21. The lowest BCUT2D eigenvalue weighted by Crippen LogP contribution is -2.44. The van der Waals surface area contributed by atoms with Gasteiger partial charge in [0.2, 0.25) is 5.91 Å². The van der Waals surface area contributed by atoms with E-state index in [2.05, 4.69) is 46.4 Å². The van der Waals surface area contributed by atoms with E-state index in [0.29, 0.717) is 6.04 Å². The summed E-state index contributed by atoms with van der Waals surface area (Å²) in [5, 5.41) is 3.30. The first-order valence-electron chi connectivity index (χ1n) is 10.6. The Morgan fingerprint density at radius 1 is 1.00 bits per heavy atom. The van der Waals surface area contributed by atoms with Crippen molar-refractivity contribution < 1.29 is 4.79 Å². The lowest BCUT2D eigenvalue weighted by atomic mass is 9.92. The number of benzene rings is 1. The first-order chi connectivity index (χ1) is 13.7. The third-order valence-corrected chi connectivity index (χ3v) is 6.09. The number of hydrogen-bond donors (Lipinski definition) is 1. The molecule has 1 aliphatic heterocycles. The number of aryl methyl sites for hydroxylation is 1. The Labute approximate surface area is 167 Å². The molecule has 1 aliphatic carbocycles. The molecular weight excluding hydrogens is 348 g/mol. The molecule has 1 amide bonds. The molecule has 0 atom stereocenters. The first kappa shape index (κ1) is 18.9. The zero-order valence-corrected chi connectivity index (χ0v) is 16.7. The van der Waals surface area contributed by atoms with Crippen LogP contribution in [0.2, 0.25) is 0 Å². The highest BCUT2D eigenvalue weighted by molar-refractivity contribution is 5.79. The van der Waals surface area contributed by atoms with Gasteiger partial charge in [0.1, 0.15) is 5.82 Å². The van der Waals surface area contributed by atoms with Gasteiger partial charge in [-0.05, 0) is 38.7 Å². The van der Waals surface area contributed by atoms with Gasteiger partial charge in [-0.3, -0.25) is 4.79 Å². The van der Waals surface area contributed by atoms with E-state index in [0.717, 1.165) is 56.0 Å². The van der Waals surface area contributed by atoms with Crippen LogP contribution in [0.1, 0.15) is 50.5 Å². The van der Waals surface area contributed by atoms with E-state index >= 15 is 0 Å². The van der Waals surface area contributed by atoms with Gasteiger partial charge in [-0.1, -0.05) is 49.1 Å². The Bertz CT molecular complexity index is 791. The number of carbonyl (C=O) groups is 1. The molecule has 2 heterocycles. The number of carbonyl (C=O) groups excluding carboxylic acids is 1. The van der Waals surface area contributed by atoms with Crippen LogP contribution in [0.15, 0.2) is 36.5 Å². The minimum Gasteiger partial charge on any atom is -0.356 e. The molecule has 2 aliphatic rings. The summed E-state index contributed by atoms with van der Waals surface area (Å²) in [5.41, 5.74) is 2.27. The second-order valence-electron chi connectivity index (χ2n) is 8.21. The standard InChI is InChI=1S/C23H30N4O/c1-17-7-9-18(10-8-17)22-24-14-11-21(26-22)27-15-12-19(13-16-27)23(28)25-20-5-3-2-4-6-20/h7-11,14,19-20H,2-6,12-13,15-16H2,1H3,(H,25,28). The zero-order valence-electron chi connectivity index (χ0n) is 16.7. The zero-order chi connectivity index (χ0) is 19.3. The molecule has 28 heavy (non-hydrogen) atoms. The normalized spacial score (nSPS) is 18.8. The smallest absolute Gasteiger partial charge is 0.223 e. The van der Waals surface area contributed by atoms with Crippen molar-refractivity contribution in [2.45, 2.75) is 57.9 Å². The Morgan fingerprint density at radius 3 is 2.43 bits per heavy atom. The molecule has 1 N–H and O–H groups in total. The minimum atomic E-state index is 0.136. The van der Waals surface area contributed by atoms with Crippen molar-refractivity contribution >= 4 is 11.7 Å². The Morgan fingerprint density at radius 2 is 1.71 bits per heavy atom. The van der Waals surface area contributed by atoms with Crippen molar-refractivity contribution in [3.05, 3.63) is 42.1 Å². The molecule has 1 aromatic heterocycles. The summed E-state index contributed by atoms with van der Waals surface area (Å²) < 4.78 is 0. The van der Waals surface area contributed by atoms with Gasteiger partial charge in [-0.15, -0.1) is 0 Å². The minimum absolute atomic E-state index is 0.136. The highest BCUT2D eigenvalue weighted by atomic mass is 16.1. The van der Waals surface area contributed by atoms with Crippen LogP contribution in [0.25, 0.3) is 11.4 Å². The summed E-state index contributed by atoms with van der Waals surface area (Å²) >= 11 is 0. The molecule has 148 valence electrons. The number of hydrogen-bond acceptors (Lipinski definition) is 4. The molecule has 0 unspecified atom stereocenters. The SMILES string of the molecule is Cc1ccc(-c2nccc(N3CCC(C(=O)NC4CCCCC4)CC3)n2)cc1. The number of piperidine rings is 1. The second kappa shape index (κ2) is 8.72. The summed E-state index contributed by atoms with van der Waals surface area (Å²) in [5.74, 6) is 2.11. The summed E-state index contributed by atoms with van der Waals surface area (Å²) in [6, 6.07) is 10.7. The van der Waals surface area contributed by atoms with Crippen LogP contribution >= 0.6 is 0 Å². The summed E-state index contributed by atoms with van der Waals surface area (Å²) in [6.07, 6.45) is 9.72. The third kappa shape index (κ3) is 4.51. The Hall–Kier alpha value is -2.43. The van der Waals surface area contributed by atoms with Gasteiger partial charge < -0.3 is 10.2 Å². The maximum Gasteiger partial charge on any atom is 0.223 e. The lowest BCUT2D eigenvalue weighted by molar-refractivity contribution is -0.126. The van der Waals surface area contributed by atoms with Gasteiger partial charge in [-0.25, -0.2) is 9.97 Å². The summed E-state index contributed by atoms with van der Waals surface area (Å²) in [7, 11) is 0. The van der Waals surface area contributed by atoms with Crippen LogP contribution in [0.4, 0.5) is 5.82 Å². The van der Waals surface area contributed by atoms with Gasteiger partial charge in [0, 0.05) is 36.8 Å². The van der Waals surface area contributed by atoms with Crippen molar-refractivity contribution in [1.82, 2.24) is 15.3 Å². The van der Waals surface area contributed by atoms with Gasteiger partial charge in [0.05, 0.1) is 0 Å². The monoisotopic (exact) mass is 378 g/mol. The molecule has 2 aromatic rings. The van der Waals surface area contributed by atoms with Gasteiger partial charge in [-0.2, -0.15) is 0 Å². The number of anilines is 1. The van der Waals surface area contributed by atoms with Crippen LogP contribution in [-0.2, 0) is 4.79 Å². The van der Waals surface area contributed by atoms with Crippen LogP contribution in [0, 0.1) is 12.8 Å². The van der Waals surface area contributed by atoms with E-state index in [4.69, 9.17) is 4.98 Å². The number of rotatable bonds is 4. The largest absolute Gasteiger partial charge is 0.356 e. The Balaban J connectivity index is 1.35. The fraction of sp³-hybridized carbons (Fsp3) is 0.522. The van der Waals surface area contributed by atoms with Crippen LogP contribution in [0.3, 0.4) is 0 Å². The fourth-order valence-electron chi connectivity index (χ4n) is 4.30. The van der Waals surface area contributed by atoms with E-state index in [9.17, 15) is 4.79 Å². The number of nitrogens with one attached hydrogen (secondary N) is 1. The highest BCUT2D eigenvalue weighted by Crippen LogP contribution is 2.25. The van der Waals surface area contributed by atoms with Gasteiger partial charge in [0.25, 0.3) is 0 Å².